The van der Waals surface area contributed by atoms with E-state index in [1.807, 2.05) is 13.0 Å². The third kappa shape index (κ3) is 5.87. The molecule has 1 fully saturated rings. The van der Waals surface area contributed by atoms with Gasteiger partial charge in [0.05, 0.1) is 0 Å². The maximum Gasteiger partial charge on any atom is 0.225 e. The minimum atomic E-state index is 0.531. The molecule has 1 aliphatic rings. The Balaban J connectivity index is 1.93. The molecule has 5 heteroatoms. The number of nitrogens with zero attached hydrogens (tertiary/aromatic N) is 3. The molecule has 1 saturated carbocycles. The Hall–Kier alpha value is -1.36. The van der Waals surface area contributed by atoms with Crippen molar-refractivity contribution in [2.45, 2.75) is 51.5 Å². The Morgan fingerprint density at radius 1 is 1.14 bits per heavy atom. The molecule has 118 valence electrons. The van der Waals surface area contributed by atoms with E-state index in [1.54, 1.807) is 0 Å². The average molecular weight is 291 g/mol. The van der Waals surface area contributed by atoms with Gasteiger partial charge in [-0.05, 0) is 33.9 Å². The minimum absolute atomic E-state index is 0.531. The van der Waals surface area contributed by atoms with Crippen molar-refractivity contribution in [2.75, 3.05) is 37.8 Å². The second-order valence-corrected chi connectivity index (χ2v) is 6.28. The van der Waals surface area contributed by atoms with Crippen LogP contribution in [0.2, 0.25) is 0 Å². The molecule has 0 radical (unpaired) electrons. The quantitative estimate of drug-likeness (QED) is 0.789. The highest BCUT2D eigenvalue weighted by Crippen LogP contribution is 2.20. The van der Waals surface area contributed by atoms with E-state index in [9.17, 15) is 0 Å². The van der Waals surface area contributed by atoms with Gasteiger partial charge in [-0.2, -0.15) is 4.98 Å². The summed E-state index contributed by atoms with van der Waals surface area (Å²) in [5.41, 5.74) is 1.01. The first-order valence-corrected chi connectivity index (χ1v) is 8.14. The summed E-state index contributed by atoms with van der Waals surface area (Å²) in [6.45, 7) is 3.91. The molecule has 1 aromatic rings. The van der Waals surface area contributed by atoms with Gasteiger partial charge in [-0.1, -0.05) is 25.7 Å². The lowest BCUT2D eigenvalue weighted by atomic mass is 10.1. The van der Waals surface area contributed by atoms with Crippen LogP contribution in [0, 0.1) is 6.92 Å². The number of hydrogen-bond acceptors (Lipinski definition) is 5. The molecule has 1 aliphatic carbocycles. The molecule has 2 rings (SSSR count). The van der Waals surface area contributed by atoms with E-state index >= 15 is 0 Å². The third-order valence-corrected chi connectivity index (χ3v) is 3.91. The summed E-state index contributed by atoms with van der Waals surface area (Å²) in [6.07, 6.45) is 7.84. The molecular formula is C16H29N5. The second kappa shape index (κ2) is 8.17. The molecule has 0 spiro atoms. The van der Waals surface area contributed by atoms with Crippen molar-refractivity contribution < 1.29 is 0 Å². The standard InChI is InChI=1S/C16H29N5/c1-13-12-15(17-10-11-21(2)3)20-16(18-13)19-14-8-6-4-5-7-9-14/h12,14H,4-11H2,1-3H3,(H2,17,18,19,20). The molecule has 0 amide bonds. The summed E-state index contributed by atoms with van der Waals surface area (Å²) in [6, 6.07) is 2.54. The predicted octanol–water partition coefficient (Wildman–Crippen LogP) is 2.89. The van der Waals surface area contributed by atoms with Gasteiger partial charge in [0, 0.05) is 30.9 Å². The van der Waals surface area contributed by atoms with E-state index in [-0.39, 0.29) is 0 Å². The number of rotatable bonds is 6. The lowest BCUT2D eigenvalue weighted by Crippen LogP contribution is -2.22. The molecule has 21 heavy (non-hydrogen) atoms. The molecule has 5 nitrogen and oxygen atoms in total. The number of anilines is 2. The normalized spacial score (nSPS) is 16.8. The Morgan fingerprint density at radius 3 is 2.52 bits per heavy atom. The maximum atomic E-state index is 4.60. The number of nitrogens with one attached hydrogen (secondary N) is 2. The van der Waals surface area contributed by atoms with E-state index < -0.39 is 0 Å². The Labute approximate surface area is 128 Å². The zero-order valence-electron chi connectivity index (χ0n) is 13.7. The largest absolute Gasteiger partial charge is 0.369 e. The lowest BCUT2D eigenvalue weighted by molar-refractivity contribution is 0.425. The van der Waals surface area contributed by atoms with Crippen molar-refractivity contribution in [3.05, 3.63) is 11.8 Å². The van der Waals surface area contributed by atoms with Gasteiger partial charge in [-0.25, -0.2) is 4.98 Å². The molecule has 0 saturated heterocycles. The summed E-state index contributed by atoms with van der Waals surface area (Å²) in [4.78, 5) is 11.3. The summed E-state index contributed by atoms with van der Waals surface area (Å²) in [5, 5.41) is 6.90. The van der Waals surface area contributed by atoms with Gasteiger partial charge >= 0.3 is 0 Å². The number of aryl methyl sites for hydroxylation is 1. The molecule has 0 unspecified atom stereocenters. The van der Waals surface area contributed by atoms with Crippen molar-refractivity contribution in [1.29, 1.82) is 0 Å². The Morgan fingerprint density at radius 2 is 1.86 bits per heavy atom. The molecule has 0 atom stereocenters. The smallest absolute Gasteiger partial charge is 0.225 e. The first kappa shape index (κ1) is 16.0. The van der Waals surface area contributed by atoms with Gasteiger partial charge < -0.3 is 15.5 Å². The van der Waals surface area contributed by atoms with Gasteiger partial charge in [0.25, 0.3) is 0 Å². The van der Waals surface area contributed by atoms with Crippen LogP contribution in [0.3, 0.4) is 0 Å². The van der Waals surface area contributed by atoms with Crippen LogP contribution in [0.5, 0.6) is 0 Å². The van der Waals surface area contributed by atoms with Gasteiger partial charge in [0.15, 0.2) is 0 Å². The fraction of sp³-hybridized carbons (Fsp3) is 0.750. The highest BCUT2D eigenvalue weighted by Gasteiger charge is 2.13. The van der Waals surface area contributed by atoms with Crippen molar-refractivity contribution >= 4 is 11.8 Å². The van der Waals surface area contributed by atoms with Crippen LogP contribution in [0.4, 0.5) is 11.8 Å². The Kier molecular flexibility index (Phi) is 6.23. The first-order valence-electron chi connectivity index (χ1n) is 8.14. The van der Waals surface area contributed by atoms with Crippen LogP contribution in [0.1, 0.15) is 44.2 Å². The third-order valence-electron chi connectivity index (χ3n) is 3.91. The van der Waals surface area contributed by atoms with Crippen molar-refractivity contribution in [3.8, 4) is 0 Å². The van der Waals surface area contributed by atoms with E-state index in [4.69, 9.17) is 0 Å². The van der Waals surface area contributed by atoms with E-state index in [2.05, 4.69) is 39.6 Å². The van der Waals surface area contributed by atoms with Gasteiger partial charge in [-0.3, -0.25) is 0 Å². The number of aromatic nitrogens is 2. The topological polar surface area (TPSA) is 53.1 Å². The fourth-order valence-corrected chi connectivity index (χ4v) is 2.74. The minimum Gasteiger partial charge on any atom is -0.369 e. The molecule has 1 aromatic heterocycles. The monoisotopic (exact) mass is 291 g/mol. The lowest BCUT2D eigenvalue weighted by Gasteiger charge is -2.17. The van der Waals surface area contributed by atoms with Gasteiger partial charge in [-0.15, -0.1) is 0 Å². The van der Waals surface area contributed by atoms with E-state index in [0.29, 0.717) is 6.04 Å². The van der Waals surface area contributed by atoms with Crippen LogP contribution in [-0.2, 0) is 0 Å². The molecule has 0 aromatic carbocycles. The van der Waals surface area contributed by atoms with Crippen LogP contribution in [0.25, 0.3) is 0 Å². The molecular weight excluding hydrogens is 262 g/mol. The van der Waals surface area contributed by atoms with Gasteiger partial charge in [0.1, 0.15) is 5.82 Å². The highest BCUT2D eigenvalue weighted by atomic mass is 15.2. The van der Waals surface area contributed by atoms with Crippen LogP contribution < -0.4 is 10.6 Å². The number of likely N-dealkylation sites (N-methyl/N-ethyl adjacent to an activating group) is 1. The van der Waals surface area contributed by atoms with Crippen LogP contribution in [0.15, 0.2) is 6.07 Å². The van der Waals surface area contributed by atoms with Crippen molar-refractivity contribution in [3.63, 3.8) is 0 Å². The second-order valence-electron chi connectivity index (χ2n) is 6.28. The summed E-state index contributed by atoms with van der Waals surface area (Å²) in [7, 11) is 4.15. The van der Waals surface area contributed by atoms with Gasteiger partial charge in [0.2, 0.25) is 5.95 Å². The summed E-state index contributed by atoms with van der Waals surface area (Å²) < 4.78 is 0. The predicted molar refractivity (Wildman–Crippen MR) is 88.9 cm³/mol. The number of hydrogen-bond donors (Lipinski definition) is 2. The van der Waals surface area contributed by atoms with Crippen LogP contribution in [-0.4, -0.2) is 48.1 Å². The maximum absolute atomic E-state index is 4.60. The van der Waals surface area contributed by atoms with E-state index in [1.165, 1.54) is 38.5 Å². The molecule has 0 aliphatic heterocycles. The first-order chi connectivity index (χ1) is 10.1. The van der Waals surface area contributed by atoms with E-state index in [0.717, 1.165) is 30.5 Å². The fourth-order valence-electron chi connectivity index (χ4n) is 2.74. The zero-order valence-corrected chi connectivity index (χ0v) is 13.7. The zero-order chi connectivity index (χ0) is 15.1. The average Bonchev–Trinajstić information content (AvgIpc) is 2.66. The van der Waals surface area contributed by atoms with Crippen LogP contribution >= 0.6 is 0 Å². The highest BCUT2D eigenvalue weighted by molar-refractivity contribution is 5.42. The van der Waals surface area contributed by atoms with Crippen molar-refractivity contribution in [1.82, 2.24) is 14.9 Å². The molecule has 2 N–H and O–H groups in total. The Bertz CT molecular complexity index is 425. The SMILES string of the molecule is Cc1cc(NCCN(C)C)nc(NC2CCCCCC2)n1. The molecule has 0 bridgehead atoms. The summed E-state index contributed by atoms with van der Waals surface area (Å²) >= 11 is 0. The molecule has 1 heterocycles. The summed E-state index contributed by atoms with van der Waals surface area (Å²) in [5.74, 6) is 1.69. The van der Waals surface area contributed by atoms with Crippen molar-refractivity contribution in [2.24, 2.45) is 0 Å².